The molecule has 25 heavy (non-hydrogen) atoms. The fourth-order valence-electron chi connectivity index (χ4n) is 3.80. The summed E-state index contributed by atoms with van der Waals surface area (Å²) < 4.78 is 46.7. The van der Waals surface area contributed by atoms with Crippen molar-refractivity contribution in [3.8, 4) is 5.88 Å². The lowest BCUT2D eigenvalue weighted by molar-refractivity contribution is -0.0591. The number of pyridine rings is 1. The molecule has 1 aromatic heterocycles. The number of rotatable bonds is 1. The summed E-state index contributed by atoms with van der Waals surface area (Å²) in [6.07, 6.45) is -0.656. The number of aromatic nitrogens is 1. The quantitative estimate of drug-likeness (QED) is 0.813. The molecule has 1 aliphatic heterocycles. The number of hydrogen-bond acceptors (Lipinski definition) is 4. The van der Waals surface area contributed by atoms with Gasteiger partial charge in [-0.15, -0.1) is 0 Å². The number of halogens is 3. The number of para-hydroxylation sites is 1. The minimum atomic E-state index is -4.57. The van der Waals surface area contributed by atoms with Gasteiger partial charge in [-0.1, -0.05) is 24.6 Å². The third-order valence-corrected chi connectivity index (χ3v) is 4.92. The van der Waals surface area contributed by atoms with Gasteiger partial charge in [0.05, 0.1) is 23.9 Å². The highest BCUT2D eigenvalue weighted by molar-refractivity contribution is 6.16. The number of nitrogens with zero attached hydrogens (tertiary/aromatic N) is 2. The third kappa shape index (κ3) is 2.62. The maximum Gasteiger partial charge on any atom is 0.433 e. The van der Waals surface area contributed by atoms with Gasteiger partial charge in [0, 0.05) is 5.39 Å². The molecule has 0 atom stereocenters. The molecule has 132 valence electrons. The van der Waals surface area contributed by atoms with E-state index < -0.39 is 17.6 Å². The summed E-state index contributed by atoms with van der Waals surface area (Å²) >= 11 is 0. The summed E-state index contributed by atoms with van der Waals surface area (Å²) in [4.78, 5) is 8.42. The van der Waals surface area contributed by atoms with Crippen molar-refractivity contribution in [1.82, 2.24) is 4.98 Å². The summed E-state index contributed by atoms with van der Waals surface area (Å²) in [5.41, 5.74) is -0.861. The Morgan fingerprint density at radius 2 is 1.84 bits per heavy atom. The third-order valence-electron chi connectivity index (χ3n) is 4.92. The first kappa shape index (κ1) is 16.2. The van der Waals surface area contributed by atoms with Gasteiger partial charge in [0.15, 0.2) is 5.71 Å². The van der Waals surface area contributed by atoms with Gasteiger partial charge < -0.3 is 10.1 Å². The van der Waals surface area contributed by atoms with Crippen LogP contribution in [0.3, 0.4) is 0 Å². The number of nitrogens with one attached hydrogen (secondary N) is 1. The van der Waals surface area contributed by atoms with Crippen molar-refractivity contribution in [2.75, 3.05) is 12.4 Å². The molecule has 7 heteroatoms. The summed E-state index contributed by atoms with van der Waals surface area (Å²) in [5.74, 6) is -0.0528. The maximum absolute atomic E-state index is 13.8. The molecule has 2 heterocycles. The Morgan fingerprint density at radius 3 is 2.52 bits per heavy atom. The van der Waals surface area contributed by atoms with E-state index in [1.54, 1.807) is 24.3 Å². The second-order valence-corrected chi connectivity index (χ2v) is 6.56. The molecule has 0 bridgehead atoms. The Labute approximate surface area is 143 Å². The normalized spacial score (nSPS) is 19.3. The number of methoxy groups -OCH3 is 1. The van der Waals surface area contributed by atoms with E-state index in [1.807, 2.05) is 0 Å². The van der Waals surface area contributed by atoms with Crippen molar-refractivity contribution in [3.05, 3.63) is 29.8 Å². The number of benzene rings is 1. The molecule has 1 spiro atoms. The SMILES string of the molecule is COc1nc2ccccc2c2c1C(C(F)(F)F)=NC1(CCCCC1)N2. The van der Waals surface area contributed by atoms with Crippen molar-refractivity contribution < 1.29 is 17.9 Å². The van der Waals surface area contributed by atoms with Crippen LogP contribution in [0.5, 0.6) is 5.88 Å². The average molecular weight is 349 g/mol. The monoisotopic (exact) mass is 349 g/mol. The summed E-state index contributed by atoms with van der Waals surface area (Å²) in [6.45, 7) is 0. The van der Waals surface area contributed by atoms with Gasteiger partial charge in [-0.25, -0.2) is 4.98 Å². The Kier molecular flexibility index (Phi) is 3.63. The van der Waals surface area contributed by atoms with Gasteiger partial charge in [-0.2, -0.15) is 13.2 Å². The molecule has 1 aliphatic carbocycles. The van der Waals surface area contributed by atoms with Crippen LogP contribution in [0.2, 0.25) is 0 Å². The molecule has 2 aliphatic rings. The highest BCUT2D eigenvalue weighted by Gasteiger charge is 2.47. The fourth-order valence-corrected chi connectivity index (χ4v) is 3.80. The molecule has 0 unspecified atom stereocenters. The number of anilines is 1. The molecular formula is C18H18F3N3O. The second kappa shape index (κ2) is 5.61. The van der Waals surface area contributed by atoms with Crippen LogP contribution in [0.4, 0.5) is 18.9 Å². The standard InChI is InChI=1S/C18H18F3N3O/c1-25-16-13-14(11-7-3-4-8-12(11)22-16)23-17(9-5-2-6-10-17)24-15(13)18(19,20)21/h3-4,7-8,23H,2,5-6,9-10H2,1H3. The first-order valence-corrected chi connectivity index (χ1v) is 8.36. The smallest absolute Gasteiger partial charge is 0.433 e. The van der Waals surface area contributed by atoms with E-state index in [0.29, 0.717) is 29.4 Å². The Morgan fingerprint density at radius 1 is 1.12 bits per heavy atom. The number of aliphatic imine (C=N–C) groups is 1. The molecule has 4 rings (SSSR count). The number of fused-ring (bicyclic) bond motifs is 3. The summed E-state index contributed by atoms with van der Waals surface area (Å²) in [5, 5.41) is 3.98. The molecule has 1 saturated carbocycles. The van der Waals surface area contributed by atoms with Gasteiger partial charge in [0.2, 0.25) is 5.88 Å². The molecule has 0 amide bonds. The lowest BCUT2D eigenvalue weighted by Crippen LogP contribution is -2.45. The molecule has 0 saturated heterocycles. The van der Waals surface area contributed by atoms with E-state index in [9.17, 15) is 13.2 Å². The molecule has 4 nitrogen and oxygen atoms in total. The Hall–Kier alpha value is -2.31. The molecule has 1 fully saturated rings. The largest absolute Gasteiger partial charge is 0.480 e. The van der Waals surface area contributed by atoms with Gasteiger partial charge in [0.25, 0.3) is 0 Å². The number of alkyl halides is 3. The minimum absolute atomic E-state index is 0.0528. The van der Waals surface area contributed by atoms with Crippen LogP contribution in [0.25, 0.3) is 10.9 Å². The number of ether oxygens (including phenoxy) is 1. The topological polar surface area (TPSA) is 46.5 Å². The van der Waals surface area contributed by atoms with Crippen LogP contribution in [-0.2, 0) is 0 Å². The van der Waals surface area contributed by atoms with Crippen LogP contribution < -0.4 is 10.1 Å². The predicted molar refractivity (Wildman–Crippen MR) is 90.3 cm³/mol. The lowest BCUT2D eigenvalue weighted by atomic mass is 9.86. The second-order valence-electron chi connectivity index (χ2n) is 6.56. The Bertz CT molecular complexity index is 855. The van der Waals surface area contributed by atoms with Gasteiger partial charge in [-0.05, 0) is 31.7 Å². The molecule has 1 N–H and O–H groups in total. The average Bonchev–Trinajstić information content (AvgIpc) is 2.60. The first-order chi connectivity index (χ1) is 11.9. The first-order valence-electron chi connectivity index (χ1n) is 8.36. The van der Waals surface area contributed by atoms with Gasteiger partial charge in [0.1, 0.15) is 5.66 Å². The predicted octanol–water partition coefficient (Wildman–Crippen LogP) is 4.68. The van der Waals surface area contributed by atoms with Crippen molar-refractivity contribution in [1.29, 1.82) is 0 Å². The molecular weight excluding hydrogens is 331 g/mol. The van der Waals surface area contributed by atoms with E-state index in [1.165, 1.54) is 7.11 Å². The van der Waals surface area contributed by atoms with E-state index in [4.69, 9.17) is 4.74 Å². The Balaban J connectivity index is 2.03. The minimum Gasteiger partial charge on any atom is -0.480 e. The van der Waals surface area contributed by atoms with Crippen LogP contribution in [0.15, 0.2) is 29.3 Å². The van der Waals surface area contributed by atoms with Crippen LogP contribution >= 0.6 is 0 Å². The zero-order valence-electron chi connectivity index (χ0n) is 13.8. The van der Waals surface area contributed by atoms with Crippen LogP contribution in [0, 0.1) is 0 Å². The van der Waals surface area contributed by atoms with Crippen molar-refractivity contribution in [3.63, 3.8) is 0 Å². The van der Waals surface area contributed by atoms with Crippen molar-refractivity contribution in [2.45, 2.75) is 43.9 Å². The fraction of sp³-hybridized carbons (Fsp3) is 0.444. The van der Waals surface area contributed by atoms with E-state index in [0.717, 1.165) is 19.3 Å². The van der Waals surface area contributed by atoms with Gasteiger partial charge in [-0.3, -0.25) is 4.99 Å². The zero-order valence-corrected chi connectivity index (χ0v) is 13.8. The molecule has 1 aromatic carbocycles. The highest BCUT2D eigenvalue weighted by Crippen LogP contribution is 2.45. The van der Waals surface area contributed by atoms with Crippen LogP contribution in [-0.4, -0.2) is 29.6 Å². The summed E-state index contributed by atoms with van der Waals surface area (Å²) in [6, 6.07) is 7.15. The summed E-state index contributed by atoms with van der Waals surface area (Å²) in [7, 11) is 1.33. The van der Waals surface area contributed by atoms with Gasteiger partial charge >= 0.3 is 6.18 Å². The zero-order chi connectivity index (χ0) is 17.7. The van der Waals surface area contributed by atoms with E-state index in [-0.39, 0.29) is 11.4 Å². The maximum atomic E-state index is 13.8. The lowest BCUT2D eigenvalue weighted by Gasteiger charge is -2.40. The van der Waals surface area contributed by atoms with Crippen LogP contribution in [0.1, 0.15) is 37.7 Å². The van der Waals surface area contributed by atoms with Crippen molar-refractivity contribution >= 4 is 22.3 Å². The molecule has 0 radical (unpaired) electrons. The van der Waals surface area contributed by atoms with Crippen molar-refractivity contribution in [2.24, 2.45) is 4.99 Å². The number of hydrogen-bond donors (Lipinski definition) is 1. The highest BCUT2D eigenvalue weighted by atomic mass is 19.4. The molecule has 2 aromatic rings. The van der Waals surface area contributed by atoms with E-state index >= 15 is 0 Å². The van der Waals surface area contributed by atoms with E-state index in [2.05, 4.69) is 15.3 Å².